The van der Waals surface area contributed by atoms with E-state index < -0.39 is 0 Å². The number of aromatic nitrogens is 1. The van der Waals surface area contributed by atoms with Crippen LogP contribution < -0.4 is 5.32 Å². The van der Waals surface area contributed by atoms with Crippen LogP contribution in [0.3, 0.4) is 0 Å². The summed E-state index contributed by atoms with van der Waals surface area (Å²) in [5.41, 5.74) is 1.41. The van der Waals surface area contributed by atoms with Gasteiger partial charge in [-0.2, -0.15) is 0 Å². The summed E-state index contributed by atoms with van der Waals surface area (Å²) in [4.78, 5) is 6.57. The number of rotatable bonds is 4. The van der Waals surface area contributed by atoms with E-state index in [1.54, 1.807) is 4.88 Å². The summed E-state index contributed by atoms with van der Waals surface area (Å²) in [7, 11) is 0. The third-order valence-electron chi connectivity index (χ3n) is 4.89. The molecular weight excluding hydrogens is 252 g/mol. The molecule has 2 nitrogen and oxygen atoms in total. The molecule has 0 amide bonds. The molecule has 3 unspecified atom stereocenters. The van der Waals surface area contributed by atoms with Crippen LogP contribution >= 0.6 is 11.3 Å². The standard InChI is InChI=1S/C16H26N2S/c1-3-11-8-9-12(10-11)16-18-14-7-5-6-13(17-4-2)15(14)19-16/h11-13,17H,3-10H2,1-2H3. The summed E-state index contributed by atoms with van der Waals surface area (Å²) >= 11 is 2.02. The topological polar surface area (TPSA) is 24.9 Å². The molecule has 1 N–H and O–H groups in total. The first-order chi connectivity index (χ1) is 9.31. The molecule has 1 aromatic rings. The Morgan fingerprint density at radius 1 is 1.26 bits per heavy atom. The Labute approximate surface area is 121 Å². The molecule has 3 atom stereocenters. The zero-order valence-electron chi connectivity index (χ0n) is 12.2. The van der Waals surface area contributed by atoms with Crippen molar-refractivity contribution in [2.24, 2.45) is 5.92 Å². The second kappa shape index (κ2) is 5.92. The van der Waals surface area contributed by atoms with E-state index in [1.807, 2.05) is 11.3 Å². The van der Waals surface area contributed by atoms with Gasteiger partial charge in [0.1, 0.15) is 0 Å². The van der Waals surface area contributed by atoms with Gasteiger partial charge in [0.05, 0.1) is 10.7 Å². The Balaban J connectivity index is 1.78. The minimum absolute atomic E-state index is 0.586. The van der Waals surface area contributed by atoms with Gasteiger partial charge >= 0.3 is 0 Å². The molecule has 0 saturated heterocycles. The third kappa shape index (κ3) is 2.73. The molecule has 19 heavy (non-hydrogen) atoms. The number of hydrogen-bond donors (Lipinski definition) is 1. The second-order valence-corrected chi connectivity index (χ2v) is 7.21. The van der Waals surface area contributed by atoms with Crippen LogP contribution in [0.4, 0.5) is 0 Å². The van der Waals surface area contributed by atoms with E-state index in [1.165, 1.54) is 55.6 Å². The molecule has 1 aromatic heterocycles. The van der Waals surface area contributed by atoms with Crippen LogP contribution in [-0.4, -0.2) is 11.5 Å². The predicted molar refractivity (Wildman–Crippen MR) is 81.8 cm³/mol. The van der Waals surface area contributed by atoms with E-state index in [9.17, 15) is 0 Å². The fourth-order valence-corrected chi connectivity index (χ4v) is 5.10. The Bertz CT molecular complexity index is 426. The normalized spacial score (nSPS) is 30.5. The summed E-state index contributed by atoms with van der Waals surface area (Å²) in [6, 6.07) is 0.586. The van der Waals surface area contributed by atoms with Gasteiger partial charge in [-0.3, -0.25) is 0 Å². The molecule has 2 aliphatic carbocycles. The van der Waals surface area contributed by atoms with Crippen LogP contribution in [0.5, 0.6) is 0 Å². The minimum atomic E-state index is 0.586. The fourth-order valence-electron chi connectivity index (χ4n) is 3.72. The zero-order valence-corrected chi connectivity index (χ0v) is 13.1. The van der Waals surface area contributed by atoms with Gasteiger partial charge in [0.25, 0.3) is 0 Å². The Morgan fingerprint density at radius 3 is 2.89 bits per heavy atom. The van der Waals surface area contributed by atoms with Gasteiger partial charge in [-0.25, -0.2) is 4.98 Å². The summed E-state index contributed by atoms with van der Waals surface area (Å²) in [6.45, 7) is 5.61. The van der Waals surface area contributed by atoms with E-state index in [-0.39, 0.29) is 0 Å². The molecule has 1 saturated carbocycles. The van der Waals surface area contributed by atoms with Crippen LogP contribution in [0.15, 0.2) is 0 Å². The predicted octanol–water partition coefficient (Wildman–Crippen LogP) is 4.42. The molecule has 1 fully saturated rings. The molecule has 0 spiro atoms. The highest BCUT2D eigenvalue weighted by Gasteiger charge is 2.30. The monoisotopic (exact) mass is 278 g/mol. The Kier molecular flexibility index (Phi) is 4.23. The summed E-state index contributed by atoms with van der Waals surface area (Å²) in [6.07, 6.45) is 9.33. The van der Waals surface area contributed by atoms with Crippen molar-refractivity contribution in [3.05, 3.63) is 15.6 Å². The van der Waals surface area contributed by atoms with Gasteiger partial charge in [0.15, 0.2) is 0 Å². The van der Waals surface area contributed by atoms with Crippen LogP contribution in [0.25, 0.3) is 0 Å². The van der Waals surface area contributed by atoms with Crippen molar-refractivity contribution >= 4 is 11.3 Å². The van der Waals surface area contributed by atoms with Gasteiger partial charge in [-0.05, 0) is 51.0 Å². The molecule has 3 heteroatoms. The molecule has 2 aliphatic rings. The maximum absolute atomic E-state index is 5.01. The number of nitrogens with zero attached hydrogens (tertiary/aromatic N) is 1. The van der Waals surface area contributed by atoms with Gasteiger partial charge in [0, 0.05) is 16.8 Å². The summed E-state index contributed by atoms with van der Waals surface area (Å²) in [5, 5.41) is 5.08. The quantitative estimate of drug-likeness (QED) is 0.881. The van der Waals surface area contributed by atoms with E-state index in [0.717, 1.165) is 18.4 Å². The SMILES string of the molecule is CCNC1CCCc2nc(C3CCC(CC)C3)sc21. The van der Waals surface area contributed by atoms with Crippen LogP contribution in [-0.2, 0) is 6.42 Å². The first-order valence-corrected chi connectivity index (χ1v) is 8.86. The second-order valence-electron chi connectivity index (χ2n) is 6.15. The van der Waals surface area contributed by atoms with Crippen molar-refractivity contribution < 1.29 is 0 Å². The van der Waals surface area contributed by atoms with Crippen LogP contribution in [0.2, 0.25) is 0 Å². The number of aryl methyl sites for hydroxylation is 1. The molecule has 0 bridgehead atoms. The fraction of sp³-hybridized carbons (Fsp3) is 0.812. The summed E-state index contributed by atoms with van der Waals surface area (Å²) < 4.78 is 0. The lowest BCUT2D eigenvalue weighted by Gasteiger charge is -2.21. The third-order valence-corrected chi connectivity index (χ3v) is 6.26. The smallest absolute Gasteiger partial charge is 0.0962 e. The van der Waals surface area contributed by atoms with E-state index >= 15 is 0 Å². The number of fused-ring (bicyclic) bond motifs is 1. The van der Waals surface area contributed by atoms with Crippen molar-refractivity contribution in [1.82, 2.24) is 10.3 Å². The molecular formula is C16H26N2S. The highest BCUT2D eigenvalue weighted by atomic mass is 32.1. The average molecular weight is 278 g/mol. The molecule has 0 aliphatic heterocycles. The van der Waals surface area contributed by atoms with Crippen LogP contribution in [0, 0.1) is 5.92 Å². The van der Waals surface area contributed by atoms with E-state index in [2.05, 4.69) is 19.2 Å². The minimum Gasteiger partial charge on any atom is -0.309 e. The Hall–Kier alpha value is -0.410. The molecule has 0 radical (unpaired) electrons. The highest BCUT2D eigenvalue weighted by molar-refractivity contribution is 7.12. The maximum atomic E-state index is 5.01. The van der Waals surface area contributed by atoms with Gasteiger partial charge in [-0.1, -0.05) is 20.3 Å². The number of thiazole rings is 1. The van der Waals surface area contributed by atoms with Crippen molar-refractivity contribution in [3.63, 3.8) is 0 Å². The van der Waals surface area contributed by atoms with Crippen LogP contribution in [0.1, 0.15) is 79.9 Å². The number of nitrogens with one attached hydrogen (secondary N) is 1. The lowest BCUT2D eigenvalue weighted by atomic mass is 9.98. The first kappa shape index (κ1) is 13.6. The van der Waals surface area contributed by atoms with Crippen molar-refractivity contribution in [2.75, 3.05) is 6.54 Å². The molecule has 106 valence electrons. The number of hydrogen-bond acceptors (Lipinski definition) is 3. The lowest BCUT2D eigenvalue weighted by molar-refractivity contribution is 0.475. The van der Waals surface area contributed by atoms with E-state index in [4.69, 9.17) is 4.98 Å². The van der Waals surface area contributed by atoms with Gasteiger partial charge < -0.3 is 5.32 Å². The van der Waals surface area contributed by atoms with Crippen molar-refractivity contribution in [1.29, 1.82) is 0 Å². The summed E-state index contributed by atoms with van der Waals surface area (Å²) in [5.74, 6) is 1.72. The van der Waals surface area contributed by atoms with Crippen molar-refractivity contribution in [3.8, 4) is 0 Å². The van der Waals surface area contributed by atoms with Crippen molar-refractivity contribution in [2.45, 2.75) is 70.8 Å². The zero-order chi connectivity index (χ0) is 13.2. The lowest BCUT2D eigenvalue weighted by Crippen LogP contribution is -2.23. The maximum Gasteiger partial charge on any atom is 0.0962 e. The average Bonchev–Trinajstić information content (AvgIpc) is 3.05. The van der Waals surface area contributed by atoms with Gasteiger partial charge in [0.2, 0.25) is 0 Å². The molecule has 1 heterocycles. The van der Waals surface area contributed by atoms with Gasteiger partial charge in [-0.15, -0.1) is 11.3 Å². The van der Waals surface area contributed by atoms with E-state index in [0.29, 0.717) is 6.04 Å². The highest BCUT2D eigenvalue weighted by Crippen LogP contribution is 2.44. The Morgan fingerprint density at radius 2 is 2.16 bits per heavy atom. The molecule has 3 rings (SSSR count). The first-order valence-electron chi connectivity index (χ1n) is 8.04. The largest absolute Gasteiger partial charge is 0.309 e. The molecule has 0 aromatic carbocycles.